The summed E-state index contributed by atoms with van der Waals surface area (Å²) in [5.74, 6) is 1.62. The van der Waals surface area contributed by atoms with E-state index >= 15 is 0 Å². The second kappa shape index (κ2) is 7.03. The first kappa shape index (κ1) is 15.4. The summed E-state index contributed by atoms with van der Waals surface area (Å²) in [4.78, 5) is 0.520. The van der Waals surface area contributed by atoms with Crippen LogP contribution in [0.3, 0.4) is 0 Å². The van der Waals surface area contributed by atoms with Gasteiger partial charge in [0.1, 0.15) is 0 Å². The maximum Gasteiger partial charge on any atom is 0.161 e. The van der Waals surface area contributed by atoms with E-state index in [0.717, 1.165) is 30.9 Å². The minimum atomic E-state index is 0.296. The molecule has 0 bridgehead atoms. The lowest BCUT2D eigenvalue weighted by Crippen LogP contribution is -2.20. The molecule has 0 aliphatic carbocycles. The summed E-state index contributed by atoms with van der Waals surface area (Å²) < 4.78 is 11.0. The zero-order valence-electron chi connectivity index (χ0n) is 11.7. The number of methoxy groups -OCH3 is 1. The minimum Gasteiger partial charge on any atom is -0.493 e. The van der Waals surface area contributed by atoms with Crippen molar-refractivity contribution in [2.45, 2.75) is 38.4 Å². The molecule has 0 aromatic heterocycles. The highest BCUT2D eigenvalue weighted by atomic mass is 79.9. The number of hydrogen-bond donors (Lipinski definition) is 0. The lowest BCUT2D eigenvalue weighted by Gasteiger charge is -2.25. The molecule has 102 valence electrons. The smallest absolute Gasteiger partial charge is 0.161 e. The van der Waals surface area contributed by atoms with E-state index < -0.39 is 0 Å². The molecule has 0 heterocycles. The van der Waals surface area contributed by atoms with Crippen LogP contribution in [0.15, 0.2) is 24.3 Å². The van der Waals surface area contributed by atoms with E-state index in [0.29, 0.717) is 10.2 Å². The second-order valence-electron chi connectivity index (χ2n) is 5.48. The van der Waals surface area contributed by atoms with Gasteiger partial charge in [-0.25, -0.2) is 0 Å². The van der Waals surface area contributed by atoms with E-state index in [1.165, 1.54) is 0 Å². The van der Waals surface area contributed by atoms with Gasteiger partial charge >= 0.3 is 0 Å². The molecule has 0 fully saturated rings. The quantitative estimate of drug-likeness (QED) is 0.561. The predicted octanol–water partition coefficient (Wildman–Crippen LogP) is 4.66. The Morgan fingerprint density at radius 1 is 1.17 bits per heavy atom. The number of ether oxygens (including phenoxy) is 2. The summed E-state index contributed by atoms with van der Waals surface area (Å²) in [5, 5.41) is 0. The molecule has 0 radical (unpaired) electrons. The summed E-state index contributed by atoms with van der Waals surface area (Å²) in [6.45, 7) is 7.45. The number of halogens is 1. The van der Waals surface area contributed by atoms with E-state index in [2.05, 4.69) is 36.7 Å². The third kappa shape index (κ3) is 4.89. The Balaban J connectivity index is 2.34. The van der Waals surface area contributed by atoms with Crippen molar-refractivity contribution in [2.24, 2.45) is 5.41 Å². The molecule has 0 N–H and O–H groups in total. The Morgan fingerprint density at radius 2 is 1.78 bits per heavy atom. The monoisotopic (exact) mass is 314 g/mol. The average Bonchev–Trinajstić information content (AvgIpc) is 2.33. The number of rotatable bonds is 6. The molecule has 3 heteroatoms. The van der Waals surface area contributed by atoms with Gasteiger partial charge in [0.05, 0.1) is 13.7 Å². The normalized spacial score (nSPS) is 13.2. The van der Waals surface area contributed by atoms with Crippen molar-refractivity contribution in [3.05, 3.63) is 24.3 Å². The SMILES string of the molecule is COc1ccccc1OCCCC(Br)C(C)(C)C. The van der Waals surface area contributed by atoms with Crippen LogP contribution >= 0.6 is 15.9 Å². The average molecular weight is 315 g/mol. The van der Waals surface area contributed by atoms with Crippen molar-refractivity contribution in [3.63, 3.8) is 0 Å². The molecule has 18 heavy (non-hydrogen) atoms. The fourth-order valence-corrected chi connectivity index (χ4v) is 1.94. The summed E-state index contributed by atoms with van der Waals surface area (Å²) in [6.07, 6.45) is 2.14. The van der Waals surface area contributed by atoms with Gasteiger partial charge in [-0.1, -0.05) is 48.8 Å². The van der Waals surface area contributed by atoms with E-state index in [1.54, 1.807) is 7.11 Å². The number of hydrogen-bond acceptors (Lipinski definition) is 2. The van der Waals surface area contributed by atoms with Gasteiger partial charge in [-0.2, -0.15) is 0 Å². The van der Waals surface area contributed by atoms with Crippen LogP contribution in [0.1, 0.15) is 33.6 Å². The number of benzene rings is 1. The Kier molecular flexibility index (Phi) is 6.00. The van der Waals surface area contributed by atoms with Crippen molar-refractivity contribution in [1.29, 1.82) is 0 Å². The summed E-state index contributed by atoms with van der Waals surface area (Å²) in [6, 6.07) is 7.76. The van der Waals surface area contributed by atoms with Crippen LogP contribution in [-0.4, -0.2) is 18.5 Å². The summed E-state index contributed by atoms with van der Waals surface area (Å²) in [5.41, 5.74) is 0.296. The molecule has 1 atom stereocenters. The first-order valence-corrected chi connectivity index (χ1v) is 7.26. The van der Waals surface area contributed by atoms with Crippen molar-refractivity contribution in [1.82, 2.24) is 0 Å². The largest absolute Gasteiger partial charge is 0.493 e. The fourth-order valence-electron chi connectivity index (χ4n) is 1.62. The Hall–Kier alpha value is -0.700. The Bertz CT molecular complexity index is 358. The van der Waals surface area contributed by atoms with Gasteiger partial charge in [-0.3, -0.25) is 0 Å². The van der Waals surface area contributed by atoms with Crippen LogP contribution in [0.5, 0.6) is 11.5 Å². The van der Waals surface area contributed by atoms with Gasteiger partial charge in [0.2, 0.25) is 0 Å². The maximum absolute atomic E-state index is 5.75. The van der Waals surface area contributed by atoms with Crippen molar-refractivity contribution in [3.8, 4) is 11.5 Å². The Morgan fingerprint density at radius 3 is 2.33 bits per heavy atom. The first-order valence-electron chi connectivity index (χ1n) is 6.35. The molecule has 1 unspecified atom stereocenters. The zero-order valence-corrected chi connectivity index (χ0v) is 13.3. The molecule has 0 saturated heterocycles. The van der Waals surface area contributed by atoms with Crippen LogP contribution < -0.4 is 9.47 Å². The van der Waals surface area contributed by atoms with E-state index in [1.807, 2.05) is 24.3 Å². The fraction of sp³-hybridized carbons (Fsp3) is 0.600. The highest BCUT2D eigenvalue weighted by Gasteiger charge is 2.20. The summed E-state index contributed by atoms with van der Waals surface area (Å²) >= 11 is 3.73. The van der Waals surface area contributed by atoms with E-state index in [9.17, 15) is 0 Å². The molecule has 1 aromatic carbocycles. The number of para-hydroxylation sites is 2. The van der Waals surface area contributed by atoms with Gasteiger partial charge < -0.3 is 9.47 Å². The lowest BCUT2D eigenvalue weighted by molar-refractivity contribution is 0.276. The van der Waals surface area contributed by atoms with E-state index in [4.69, 9.17) is 9.47 Å². The first-order chi connectivity index (χ1) is 8.45. The van der Waals surface area contributed by atoms with Crippen molar-refractivity contribution in [2.75, 3.05) is 13.7 Å². The topological polar surface area (TPSA) is 18.5 Å². The van der Waals surface area contributed by atoms with E-state index in [-0.39, 0.29) is 0 Å². The van der Waals surface area contributed by atoms with Crippen molar-refractivity contribution >= 4 is 15.9 Å². The van der Waals surface area contributed by atoms with Crippen LogP contribution in [-0.2, 0) is 0 Å². The zero-order chi connectivity index (χ0) is 13.6. The molecular formula is C15H23BrO2. The third-order valence-electron chi connectivity index (χ3n) is 2.87. The lowest BCUT2D eigenvalue weighted by atomic mass is 9.90. The summed E-state index contributed by atoms with van der Waals surface area (Å²) in [7, 11) is 1.66. The van der Waals surface area contributed by atoms with Crippen LogP contribution in [0, 0.1) is 5.41 Å². The van der Waals surface area contributed by atoms with Gasteiger partial charge in [0.15, 0.2) is 11.5 Å². The molecule has 1 aromatic rings. The third-order valence-corrected chi connectivity index (χ3v) is 4.70. The highest BCUT2D eigenvalue weighted by Crippen LogP contribution is 2.30. The van der Waals surface area contributed by atoms with Crippen LogP contribution in [0.2, 0.25) is 0 Å². The van der Waals surface area contributed by atoms with Gasteiger partial charge in [-0.05, 0) is 30.4 Å². The molecule has 0 spiro atoms. The molecule has 2 nitrogen and oxygen atoms in total. The Labute approximate surface area is 119 Å². The minimum absolute atomic E-state index is 0.296. The van der Waals surface area contributed by atoms with Gasteiger partial charge in [0, 0.05) is 4.83 Å². The van der Waals surface area contributed by atoms with Gasteiger partial charge in [-0.15, -0.1) is 0 Å². The molecule has 1 rings (SSSR count). The molecule has 0 saturated carbocycles. The predicted molar refractivity (Wildman–Crippen MR) is 79.9 cm³/mol. The highest BCUT2D eigenvalue weighted by molar-refractivity contribution is 9.09. The molecular weight excluding hydrogens is 292 g/mol. The standard InChI is InChI=1S/C15H23BrO2/c1-15(2,3)14(16)10-7-11-18-13-9-6-5-8-12(13)17-4/h5-6,8-9,14H,7,10-11H2,1-4H3. The van der Waals surface area contributed by atoms with Crippen LogP contribution in [0.4, 0.5) is 0 Å². The van der Waals surface area contributed by atoms with Crippen LogP contribution in [0.25, 0.3) is 0 Å². The molecule has 0 amide bonds. The molecule has 0 aliphatic heterocycles. The second-order valence-corrected chi connectivity index (χ2v) is 6.58. The van der Waals surface area contributed by atoms with Crippen molar-refractivity contribution < 1.29 is 9.47 Å². The van der Waals surface area contributed by atoms with Gasteiger partial charge in [0.25, 0.3) is 0 Å². The maximum atomic E-state index is 5.75. The molecule has 0 aliphatic rings. The number of alkyl halides is 1.